The summed E-state index contributed by atoms with van der Waals surface area (Å²) in [4.78, 5) is 14.1. The standard InChI is InChI=1S/C30H23F5N2O2S/c1-16-19(14-20-21(30(33,34)35)11-7-12-22(20)31)29-37(23(15-40-29)27(36)17-8-4-3-5-9-17)28(38)25(16)18-10-6-13-24(39-2)26(18)32/h3-13,23,36H,14-15H2,1-2H3. The van der Waals surface area contributed by atoms with Gasteiger partial charge in [-0.05, 0) is 41.8 Å². The third-order valence-electron chi connectivity index (χ3n) is 7.08. The Morgan fingerprint density at radius 1 is 1.02 bits per heavy atom. The van der Waals surface area contributed by atoms with Crippen molar-refractivity contribution in [1.29, 1.82) is 5.41 Å². The van der Waals surface area contributed by atoms with Crippen LogP contribution < -0.4 is 10.3 Å². The summed E-state index contributed by atoms with van der Waals surface area (Å²) in [5.41, 5.74) is -1.26. The number of nitrogens with one attached hydrogen (secondary N) is 1. The average molecular weight is 571 g/mol. The summed E-state index contributed by atoms with van der Waals surface area (Å²) in [5.74, 6) is -1.70. The van der Waals surface area contributed by atoms with Crippen LogP contribution in [0.15, 0.2) is 76.6 Å². The number of hydrogen-bond acceptors (Lipinski definition) is 4. The van der Waals surface area contributed by atoms with Gasteiger partial charge in [-0.2, -0.15) is 13.2 Å². The molecule has 40 heavy (non-hydrogen) atoms. The van der Waals surface area contributed by atoms with Crippen molar-refractivity contribution in [2.45, 2.75) is 30.6 Å². The number of fused-ring (bicyclic) bond motifs is 1. The van der Waals surface area contributed by atoms with Gasteiger partial charge >= 0.3 is 6.18 Å². The second-order valence-corrected chi connectivity index (χ2v) is 10.3. The van der Waals surface area contributed by atoms with Crippen LogP contribution in [0.2, 0.25) is 0 Å². The maximum absolute atomic E-state index is 15.5. The van der Waals surface area contributed by atoms with E-state index in [1.807, 2.05) is 0 Å². The van der Waals surface area contributed by atoms with Crippen molar-refractivity contribution in [3.63, 3.8) is 0 Å². The minimum atomic E-state index is -4.81. The lowest BCUT2D eigenvalue weighted by Gasteiger charge is -2.22. The van der Waals surface area contributed by atoms with Crippen LogP contribution in [0.3, 0.4) is 0 Å². The van der Waals surface area contributed by atoms with E-state index in [0.717, 1.165) is 18.2 Å². The Kier molecular flexibility index (Phi) is 7.31. The molecule has 4 aromatic rings. The molecule has 4 nitrogen and oxygen atoms in total. The molecule has 1 aliphatic rings. The Labute approximate surface area is 230 Å². The van der Waals surface area contributed by atoms with Crippen molar-refractivity contribution in [3.05, 3.63) is 117 Å². The molecule has 5 rings (SSSR count). The molecule has 1 atom stereocenters. The molecule has 1 aliphatic heterocycles. The first-order valence-corrected chi connectivity index (χ1v) is 13.2. The van der Waals surface area contributed by atoms with Crippen molar-refractivity contribution >= 4 is 17.5 Å². The number of alkyl halides is 3. The molecule has 10 heteroatoms. The van der Waals surface area contributed by atoms with Gasteiger partial charge in [0.05, 0.1) is 35.0 Å². The fourth-order valence-corrected chi connectivity index (χ4v) is 6.47. The molecule has 0 saturated carbocycles. The van der Waals surface area contributed by atoms with Gasteiger partial charge in [0.25, 0.3) is 5.56 Å². The zero-order valence-corrected chi connectivity index (χ0v) is 22.2. The van der Waals surface area contributed by atoms with E-state index in [4.69, 9.17) is 10.1 Å². The Bertz CT molecular complexity index is 1680. The molecular weight excluding hydrogens is 547 g/mol. The quantitative estimate of drug-likeness (QED) is 0.194. The highest BCUT2D eigenvalue weighted by molar-refractivity contribution is 7.99. The van der Waals surface area contributed by atoms with Crippen LogP contribution in [0.5, 0.6) is 5.75 Å². The van der Waals surface area contributed by atoms with Gasteiger partial charge in [-0.25, -0.2) is 8.78 Å². The number of halogens is 5. The van der Waals surface area contributed by atoms with Crippen molar-refractivity contribution in [2.75, 3.05) is 12.9 Å². The van der Waals surface area contributed by atoms with Gasteiger partial charge in [-0.3, -0.25) is 9.36 Å². The van der Waals surface area contributed by atoms with Crippen molar-refractivity contribution in [2.24, 2.45) is 0 Å². The molecule has 206 valence electrons. The normalized spacial score (nSPS) is 14.7. The summed E-state index contributed by atoms with van der Waals surface area (Å²) in [7, 11) is 1.28. The number of nitrogens with zero attached hydrogens (tertiary/aromatic N) is 1. The Balaban J connectivity index is 1.80. The maximum Gasteiger partial charge on any atom is 0.416 e. The smallest absolute Gasteiger partial charge is 0.416 e. The first kappa shape index (κ1) is 27.6. The largest absolute Gasteiger partial charge is 0.494 e. The zero-order valence-electron chi connectivity index (χ0n) is 21.4. The second kappa shape index (κ2) is 10.6. The van der Waals surface area contributed by atoms with Gasteiger partial charge in [0.1, 0.15) is 5.82 Å². The lowest BCUT2D eigenvalue weighted by atomic mass is 9.92. The molecule has 2 heterocycles. The van der Waals surface area contributed by atoms with Crippen LogP contribution in [0.4, 0.5) is 22.0 Å². The average Bonchev–Trinajstić information content (AvgIpc) is 3.37. The lowest BCUT2D eigenvalue weighted by Crippen LogP contribution is -2.31. The monoisotopic (exact) mass is 570 g/mol. The van der Waals surface area contributed by atoms with E-state index in [-0.39, 0.29) is 39.5 Å². The van der Waals surface area contributed by atoms with E-state index in [1.54, 1.807) is 30.3 Å². The number of methoxy groups -OCH3 is 1. The molecule has 3 aromatic carbocycles. The summed E-state index contributed by atoms with van der Waals surface area (Å²) in [6.07, 6.45) is -5.30. The number of aromatic nitrogens is 1. The number of thioether (sulfide) groups is 1. The summed E-state index contributed by atoms with van der Waals surface area (Å²) < 4.78 is 78.6. The number of rotatable bonds is 6. The number of benzene rings is 3. The highest BCUT2D eigenvalue weighted by Gasteiger charge is 2.37. The van der Waals surface area contributed by atoms with Crippen LogP contribution >= 0.6 is 11.8 Å². The highest BCUT2D eigenvalue weighted by Crippen LogP contribution is 2.43. The third kappa shape index (κ3) is 4.70. The summed E-state index contributed by atoms with van der Waals surface area (Å²) in [6.45, 7) is 1.52. The molecule has 0 bridgehead atoms. The van der Waals surface area contributed by atoms with Crippen molar-refractivity contribution in [3.8, 4) is 16.9 Å². The van der Waals surface area contributed by atoms with Gasteiger partial charge < -0.3 is 10.1 Å². The summed E-state index contributed by atoms with van der Waals surface area (Å²) >= 11 is 1.21. The molecule has 0 aliphatic carbocycles. The van der Waals surface area contributed by atoms with Crippen molar-refractivity contribution in [1.82, 2.24) is 4.57 Å². The van der Waals surface area contributed by atoms with Gasteiger partial charge in [0, 0.05) is 23.3 Å². The van der Waals surface area contributed by atoms with E-state index in [0.29, 0.717) is 10.6 Å². The minimum Gasteiger partial charge on any atom is -0.494 e. The van der Waals surface area contributed by atoms with Gasteiger partial charge in [0.2, 0.25) is 0 Å². The molecule has 1 N–H and O–H groups in total. The van der Waals surface area contributed by atoms with Crippen LogP contribution in [0.25, 0.3) is 11.1 Å². The molecule has 0 spiro atoms. The van der Waals surface area contributed by atoms with E-state index >= 15 is 4.39 Å². The summed E-state index contributed by atoms with van der Waals surface area (Å²) in [6, 6.07) is 15.0. The number of hydrogen-bond donors (Lipinski definition) is 1. The zero-order chi connectivity index (χ0) is 28.8. The molecule has 0 fully saturated rings. The predicted octanol–water partition coefficient (Wildman–Crippen LogP) is 7.43. The SMILES string of the molecule is COc1cccc(-c2c(C)c(Cc3c(F)cccc3C(F)(F)F)c3n(c2=O)C(C(=N)c2ccccc2)CS3)c1F. The topological polar surface area (TPSA) is 55.1 Å². The van der Waals surface area contributed by atoms with Crippen molar-refractivity contribution < 1.29 is 26.7 Å². The minimum absolute atomic E-state index is 0.0755. The van der Waals surface area contributed by atoms with Gasteiger partial charge in [-0.1, -0.05) is 48.5 Å². The summed E-state index contributed by atoms with van der Waals surface area (Å²) in [5, 5.41) is 9.19. The van der Waals surface area contributed by atoms with E-state index in [1.165, 1.54) is 48.6 Å². The van der Waals surface area contributed by atoms with E-state index < -0.39 is 47.0 Å². The Morgan fingerprint density at radius 2 is 1.73 bits per heavy atom. The molecule has 0 radical (unpaired) electrons. The van der Waals surface area contributed by atoms with Crippen LogP contribution in [0, 0.1) is 24.0 Å². The Hall–Kier alpha value is -3.92. The Morgan fingerprint density at radius 3 is 2.40 bits per heavy atom. The first-order valence-electron chi connectivity index (χ1n) is 12.3. The van der Waals surface area contributed by atoms with Gasteiger partial charge in [0.15, 0.2) is 11.6 Å². The first-order chi connectivity index (χ1) is 19.0. The lowest BCUT2D eigenvalue weighted by molar-refractivity contribution is -0.138. The second-order valence-electron chi connectivity index (χ2n) is 9.33. The predicted molar refractivity (Wildman–Crippen MR) is 145 cm³/mol. The van der Waals surface area contributed by atoms with Crippen LogP contribution in [-0.4, -0.2) is 23.1 Å². The number of pyridine rings is 1. The maximum atomic E-state index is 15.5. The molecule has 0 saturated heterocycles. The molecule has 0 amide bonds. The van der Waals surface area contributed by atoms with Crippen LogP contribution in [-0.2, 0) is 12.6 Å². The van der Waals surface area contributed by atoms with E-state index in [2.05, 4.69) is 0 Å². The molecule has 1 unspecified atom stereocenters. The highest BCUT2D eigenvalue weighted by atomic mass is 32.2. The third-order valence-corrected chi connectivity index (χ3v) is 8.27. The number of ether oxygens (including phenoxy) is 1. The van der Waals surface area contributed by atoms with Gasteiger partial charge in [-0.15, -0.1) is 11.8 Å². The molecule has 1 aromatic heterocycles. The fourth-order valence-electron chi connectivity index (χ4n) is 5.09. The molecular formula is C30H23F5N2O2S. The van der Waals surface area contributed by atoms with Crippen LogP contribution in [0.1, 0.15) is 33.9 Å². The fraction of sp³-hybridized carbons (Fsp3) is 0.200. The van der Waals surface area contributed by atoms with E-state index in [9.17, 15) is 22.4 Å².